The van der Waals surface area contributed by atoms with E-state index in [0.717, 1.165) is 0 Å². The van der Waals surface area contributed by atoms with Crippen molar-refractivity contribution < 1.29 is 13.2 Å². The second-order valence-electron chi connectivity index (χ2n) is 3.66. The Kier molecular flexibility index (Phi) is 2.44. The Bertz CT molecular complexity index is 469. The summed E-state index contributed by atoms with van der Waals surface area (Å²) in [5.74, 6) is 0.650. The highest BCUT2D eigenvalue weighted by molar-refractivity contribution is 7.93. The Labute approximate surface area is 89.0 Å². The summed E-state index contributed by atoms with van der Waals surface area (Å²) in [6.07, 6.45) is 0. The first-order valence-corrected chi connectivity index (χ1v) is 6.38. The lowest BCUT2D eigenvalue weighted by molar-refractivity contribution is 0.404. The Morgan fingerprint density at radius 1 is 1.40 bits per heavy atom. The van der Waals surface area contributed by atoms with Gasteiger partial charge in [-0.15, -0.1) is 0 Å². The Morgan fingerprint density at radius 3 is 2.60 bits per heavy atom. The Balaban J connectivity index is 2.45. The predicted molar refractivity (Wildman–Crippen MR) is 57.5 cm³/mol. The molecule has 1 heterocycles. The number of hydrogen-bond acceptors (Lipinski definition) is 4. The highest BCUT2D eigenvalue weighted by atomic mass is 32.2. The maximum absolute atomic E-state index is 11.6. The minimum Gasteiger partial charge on any atom is -0.496 e. The first-order chi connectivity index (χ1) is 7.06. The van der Waals surface area contributed by atoms with Crippen LogP contribution in [0.3, 0.4) is 0 Å². The van der Waals surface area contributed by atoms with Gasteiger partial charge in [0.2, 0.25) is 0 Å². The summed E-state index contributed by atoms with van der Waals surface area (Å²) in [6, 6.07) is 6.78. The van der Waals surface area contributed by atoms with Crippen LogP contribution in [0.2, 0.25) is 0 Å². The van der Waals surface area contributed by atoms with Crippen molar-refractivity contribution in [3.05, 3.63) is 29.8 Å². The van der Waals surface area contributed by atoms with Crippen LogP contribution in [0, 0.1) is 0 Å². The number of sulfone groups is 1. The van der Waals surface area contributed by atoms with Gasteiger partial charge in [-0.25, -0.2) is 8.42 Å². The zero-order valence-corrected chi connectivity index (χ0v) is 9.20. The van der Waals surface area contributed by atoms with Gasteiger partial charge in [-0.2, -0.15) is 0 Å². The summed E-state index contributed by atoms with van der Waals surface area (Å²) in [5.41, 5.74) is 6.38. The molecule has 5 heteroatoms. The number of rotatable bonds is 2. The zero-order chi connectivity index (χ0) is 11.1. The topological polar surface area (TPSA) is 69.4 Å². The number of benzene rings is 1. The summed E-state index contributed by atoms with van der Waals surface area (Å²) in [6.45, 7) is 0. The number of para-hydroxylation sites is 1. The first-order valence-electron chi connectivity index (χ1n) is 4.66. The third-order valence-electron chi connectivity index (χ3n) is 2.65. The van der Waals surface area contributed by atoms with Crippen LogP contribution < -0.4 is 10.5 Å². The number of methoxy groups -OCH3 is 1. The molecular formula is C10H13NO3S. The van der Waals surface area contributed by atoms with E-state index in [1.54, 1.807) is 24.3 Å². The monoisotopic (exact) mass is 227 g/mol. The fraction of sp³-hybridized carbons (Fsp3) is 0.400. The number of ether oxygens (including phenoxy) is 1. The van der Waals surface area contributed by atoms with Crippen LogP contribution in [-0.2, 0) is 9.84 Å². The minimum atomic E-state index is -3.06. The van der Waals surface area contributed by atoms with E-state index < -0.39 is 15.1 Å². The van der Waals surface area contributed by atoms with Gasteiger partial charge >= 0.3 is 0 Å². The molecule has 0 aromatic heterocycles. The smallest absolute Gasteiger partial charge is 0.160 e. The van der Waals surface area contributed by atoms with Gasteiger partial charge < -0.3 is 10.5 Å². The fourth-order valence-electron chi connectivity index (χ4n) is 1.93. The zero-order valence-electron chi connectivity index (χ0n) is 8.38. The molecule has 0 amide bonds. The van der Waals surface area contributed by atoms with Crippen LogP contribution in [0.25, 0.3) is 0 Å². The van der Waals surface area contributed by atoms with Gasteiger partial charge in [-0.3, -0.25) is 0 Å². The first kappa shape index (κ1) is 10.4. The fourth-order valence-corrected chi connectivity index (χ4v) is 3.72. The van der Waals surface area contributed by atoms with Crippen molar-refractivity contribution in [2.24, 2.45) is 5.73 Å². The molecule has 0 aliphatic carbocycles. The van der Waals surface area contributed by atoms with Gasteiger partial charge in [0.15, 0.2) is 9.84 Å². The summed E-state index contributed by atoms with van der Waals surface area (Å²) in [4.78, 5) is 0. The predicted octanol–water partition coefficient (Wildman–Crippen LogP) is 0.492. The summed E-state index contributed by atoms with van der Waals surface area (Å²) < 4.78 is 28.2. The van der Waals surface area contributed by atoms with Gasteiger partial charge in [-0.05, 0) is 6.07 Å². The van der Waals surface area contributed by atoms with E-state index in [1.807, 2.05) is 0 Å². The minimum absolute atomic E-state index is 0.0652. The lowest BCUT2D eigenvalue weighted by Crippen LogP contribution is -2.50. The molecule has 1 saturated heterocycles. The molecule has 1 fully saturated rings. The van der Waals surface area contributed by atoms with Crippen molar-refractivity contribution >= 4 is 9.84 Å². The standard InChI is InChI=1S/C10H13NO3S/c1-14-9-5-3-2-4-7(9)10-8(11)6-15(10,12)13/h2-5,8,10H,6,11H2,1H3. The van der Waals surface area contributed by atoms with Crippen molar-refractivity contribution in [3.63, 3.8) is 0 Å². The maximum Gasteiger partial charge on any atom is 0.160 e. The van der Waals surface area contributed by atoms with Crippen LogP contribution in [0.4, 0.5) is 0 Å². The molecule has 1 aromatic carbocycles. The van der Waals surface area contributed by atoms with E-state index in [4.69, 9.17) is 10.5 Å². The molecule has 0 spiro atoms. The second kappa shape index (κ2) is 3.50. The molecule has 4 nitrogen and oxygen atoms in total. The highest BCUT2D eigenvalue weighted by Gasteiger charge is 2.45. The van der Waals surface area contributed by atoms with Gasteiger partial charge in [-0.1, -0.05) is 18.2 Å². The lowest BCUT2D eigenvalue weighted by atomic mass is 10.1. The molecule has 2 atom stereocenters. The molecule has 1 aromatic rings. The third-order valence-corrected chi connectivity index (χ3v) is 4.87. The van der Waals surface area contributed by atoms with Crippen LogP contribution in [0.15, 0.2) is 24.3 Å². The van der Waals surface area contributed by atoms with Crippen LogP contribution >= 0.6 is 0 Å². The molecule has 2 unspecified atom stereocenters. The second-order valence-corrected chi connectivity index (χ2v) is 5.82. The van der Waals surface area contributed by atoms with Crippen LogP contribution in [-0.4, -0.2) is 27.3 Å². The molecule has 0 bridgehead atoms. The molecule has 0 radical (unpaired) electrons. The van der Waals surface area contributed by atoms with E-state index in [0.29, 0.717) is 11.3 Å². The summed E-state index contributed by atoms with van der Waals surface area (Å²) in [5, 5.41) is -0.603. The SMILES string of the molecule is COc1ccccc1C1C(N)CS1(=O)=O. The Hall–Kier alpha value is -1.07. The van der Waals surface area contributed by atoms with E-state index in [1.165, 1.54) is 7.11 Å². The summed E-state index contributed by atoms with van der Waals surface area (Å²) in [7, 11) is -1.54. The number of hydrogen-bond donors (Lipinski definition) is 1. The maximum atomic E-state index is 11.6. The highest BCUT2D eigenvalue weighted by Crippen LogP contribution is 2.39. The summed E-state index contributed by atoms with van der Waals surface area (Å²) >= 11 is 0. The molecule has 0 saturated carbocycles. The molecule has 2 N–H and O–H groups in total. The molecule has 82 valence electrons. The average Bonchev–Trinajstić information content (AvgIpc) is 2.17. The van der Waals surface area contributed by atoms with Crippen molar-refractivity contribution in [2.75, 3.05) is 12.9 Å². The third kappa shape index (κ3) is 1.61. The average molecular weight is 227 g/mol. The van der Waals surface area contributed by atoms with Crippen molar-refractivity contribution in [3.8, 4) is 5.75 Å². The molecular weight excluding hydrogens is 214 g/mol. The van der Waals surface area contributed by atoms with Crippen molar-refractivity contribution in [2.45, 2.75) is 11.3 Å². The van der Waals surface area contributed by atoms with E-state index in [-0.39, 0.29) is 11.8 Å². The van der Waals surface area contributed by atoms with Gasteiger partial charge in [0.1, 0.15) is 11.0 Å². The molecule has 1 aliphatic heterocycles. The van der Waals surface area contributed by atoms with Gasteiger partial charge in [0, 0.05) is 11.6 Å². The normalized spacial score (nSPS) is 28.1. The van der Waals surface area contributed by atoms with E-state index in [9.17, 15) is 8.42 Å². The van der Waals surface area contributed by atoms with E-state index >= 15 is 0 Å². The van der Waals surface area contributed by atoms with Gasteiger partial charge in [0.25, 0.3) is 0 Å². The van der Waals surface area contributed by atoms with Crippen molar-refractivity contribution in [1.29, 1.82) is 0 Å². The lowest BCUT2D eigenvalue weighted by Gasteiger charge is -2.34. The van der Waals surface area contributed by atoms with E-state index in [2.05, 4.69) is 0 Å². The largest absolute Gasteiger partial charge is 0.496 e. The number of nitrogens with two attached hydrogens (primary N) is 1. The van der Waals surface area contributed by atoms with Crippen LogP contribution in [0.1, 0.15) is 10.8 Å². The quantitative estimate of drug-likeness (QED) is 0.798. The molecule has 1 aliphatic rings. The van der Waals surface area contributed by atoms with Crippen molar-refractivity contribution in [1.82, 2.24) is 0 Å². The Morgan fingerprint density at radius 2 is 2.07 bits per heavy atom. The van der Waals surface area contributed by atoms with Crippen LogP contribution in [0.5, 0.6) is 5.75 Å². The van der Waals surface area contributed by atoms with Gasteiger partial charge in [0.05, 0.1) is 12.9 Å². The molecule has 2 rings (SSSR count). The molecule has 15 heavy (non-hydrogen) atoms.